The lowest BCUT2D eigenvalue weighted by Crippen LogP contribution is -2.36. The molecule has 1 aliphatic rings. The van der Waals surface area contributed by atoms with Gasteiger partial charge in [-0.1, -0.05) is 18.6 Å². The van der Waals surface area contributed by atoms with Crippen molar-refractivity contribution in [2.45, 2.75) is 25.7 Å². The number of methoxy groups -OCH3 is 1. The molecule has 1 saturated carbocycles. The summed E-state index contributed by atoms with van der Waals surface area (Å²) in [4.78, 5) is 3.04. The fourth-order valence-electron chi connectivity index (χ4n) is 1.82. The number of hydrogen-bond donors (Lipinski definition) is 1. The second kappa shape index (κ2) is 7.14. The van der Waals surface area contributed by atoms with Crippen LogP contribution >= 0.6 is 12.2 Å². The van der Waals surface area contributed by atoms with Gasteiger partial charge in [-0.05, 0) is 18.8 Å². The van der Waals surface area contributed by atoms with Gasteiger partial charge in [0, 0.05) is 33.2 Å². The fraction of sp³-hybridized carbons (Fsp3) is 0.909. The molecular weight excluding hydrogens is 208 g/mol. The van der Waals surface area contributed by atoms with Gasteiger partial charge in [-0.3, -0.25) is 0 Å². The predicted octanol–water partition coefficient (Wildman–Crippen LogP) is 1.41. The summed E-state index contributed by atoms with van der Waals surface area (Å²) in [7, 11) is 1.75. The first-order valence-electron chi connectivity index (χ1n) is 5.72. The summed E-state index contributed by atoms with van der Waals surface area (Å²) in [6, 6.07) is 0. The van der Waals surface area contributed by atoms with E-state index in [1.807, 2.05) is 0 Å². The average molecular weight is 230 g/mol. The Balaban J connectivity index is 2.20. The molecule has 0 bridgehead atoms. The quantitative estimate of drug-likeness (QED) is 0.640. The molecule has 1 fully saturated rings. The standard InChI is InChI=1S/C11H22N2OS/c1-14-8-7-13(6-5-11(12)15)9-10-3-2-4-10/h10H,2-9H2,1H3,(H2,12,15). The minimum absolute atomic E-state index is 0.617. The molecule has 3 nitrogen and oxygen atoms in total. The summed E-state index contributed by atoms with van der Waals surface area (Å²) in [5, 5.41) is 0. The van der Waals surface area contributed by atoms with Crippen molar-refractivity contribution in [1.82, 2.24) is 4.90 Å². The average Bonchev–Trinajstić information content (AvgIpc) is 2.13. The molecule has 0 radical (unpaired) electrons. The number of rotatable bonds is 8. The van der Waals surface area contributed by atoms with Crippen LogP contribution in [0, 0.1) is 5.92 Å². The van der Waals surface area contributed by atoms with Crippen LogP contribution in [0.2, 0.25) is 0 Å². The van der Waals surface area contributed by atoms with Crippen LogP contribution in [-0.2, 0) is 4.74 Å². The van der Waals surface area contributed by atoms with Gasteiger partial charge in [0.05, 0.1) is 11.6 Å². The minimum Gasteiger partial charge on any atom is -0.393 e. The van der Waals surface area contributed by atoms with Gasteiger partial charge in [0.25, 0.3) is 0 Å². The molecule has 0 heterocycles. The lowest BCUT2D eigenvalue weighted by molar-refractivity contribution is 0.122. The summed E-state index contributed by atoms with van der Waals surface area (Å²) in [5.74, 6) is 0.896. The fourth-order valence-corrected chi connectivity index (χ4v) is 1.91. The highest BCUT2D eigenvalue weighted by Gasteiger charge is 2.20. The van der Waals surface area contributed by atoms with Crippen molar-refractivity contribution in [3.63, 3.8) is 0 Å². The van der Waals surface area contributed by atoms with E-state index < -0.39 is 0 Å². The lowest BCUT2D eigenvalue weighted by Gasteiger charge is -2.32. The third kappa shape index (κ3) is 5.44. The van der Waals surface area contributed by atoms with Gasteiger partial charge in [-0.25, -0.2) is 0 Å². The zero-order valence-electron chi connectivity index (χ0n) is 9.58. The van der Waals surface area contributed by atoms with Crippen LogP contribution in [0.1, 0.15) is 25.7 Å². The van der Waals surface area contributed by atoms with Crippen molar-refractivity contribution in [1.29, 1.82) is 0 Å². The highest BCUT2D eigenvalue weighted by Crippen LogP contribution is 2.26. The van der Waals surface area contributed by atoms with E-state index >= 15 is 0 Å². The van der Waals surface area contributed by atoms with E-state index in [1.54, 1.807) is 7.11 Å². The highest BCUT2D eigenvalue weighted by molar-refractivity contribution is 7.80. The summed E-state index contributed by atoms with van der Waals surface area (Å²) < 4.78 is 5.11. The summed E-state index contributed by atoms with van der Waals surface area (Å²) in [6.07, 6.45) is 5.00. The highest BCUT2D eigenvalue weighted by atomic mass is 32.1. The van der Waals surface area contributed by atoms with Crippen molar-refractivity contribution < 1.29 is 4.74 Å². The molecule has 2 N–H and O–H groups in total. The smallest absolute Gasteiger partial charge is 0.0740 e. The Morgan fingerprint density at radius 2 is 2.20 bits per heavy atom. The lowest BCUT2D eigenvalue weighted by atomic mass is 9.85. The maximum absolute atomic E-state index is 5.52. The number of nitrogens with zero attached hydrogens (tertiary/aromatic N) is 1. The van der Waals surface area contributed by atoms with E-state index in [4.69, 9.17) is 22.7 Å². The van der Waals surface area contributed by atoms with Gasteiger partial charge in [0.2, 0.25) is 0 Å². The van der Waals surface area contributed by atoms with Crippen LogP contribution in [0.4, 0.5) is 0 Å². The van der Waals surface area contributed by atoms with Gasteiger partial charge in [0.1, 0.15) is 0 Å². The monoisotopic (exact) mass is 230 g/mol. The van der Waals surface area contributed by atoms with Crippen LogP contribution in [0.25, 0.3) is 0 Å². The molecule has 1 aliphatic carbocycles. The SMILES string of the molecule is COCCN(CCC(N)=S)CC1CCC1. The molecule has 0 aromatic heterocycles. The molecule has 0 aliphatic heterocycles. The van der Waals surface area contributed by atoms with Gasteiger partial charge < -0.3 is 15.4 Å². The molecule has 1 rings (SSSR count). The third-order valence-electron chi connectivity index (χ3n) is 3.03. The van der Waals surface area contributed by atoms with Gasteiger partial charge >= 0.3 is 0 Å². The maximum atomic E-state index is 5.52. The van der Waals surface area contributed by atoms with Crippen LogP contribution < -0.4 is 5.73 Å². The van der Waals surface area contributed by atoms with E-state index in [2.05, 4.69) is 4.90 Å². The normalized spacial score (nSPS) is 16.7. The Hall–Kier alpha value is -0.190. The molecule has 0 unspecified atom stereocenters. The van der Waals surface area contributed by atoms with Crippen molar-refractivity contribution in [2.75, 3.05) is 33.4 Å². The van der Waals surface area contributed by atoms with E-state index in [1.165, 1.54) is 25.8 Å². The molecule has 0 saturated heterocycles. The maximum Gasteiger partial charge on any atom is 0.0740 e. The van der Waals surface area contributed by atoms with Crippen molar-refractivity contribution in [3.05, 3.63) is 0 Å². The van der Waals surface area contributed by atoms with Crippen molar-refractivity contribution in [2.24, 2.45) is 11.7 Å². The third-order valence-corrected chi connectivity index (χ3v) is 3.23. The van der Waals surface area contributed by atoms with Gasteiger partial charge in [-0.2, -0.15) is 0 Å². The van der Waals surface area contributed by atoms with E-state index in [0.717, 1.165) is 32.0 Å². The second-order valence-corrected chi connectivity index (χ2v) is 4.83. The molecule has 0 atom stereocenters. The molecule has 0 spiro atoms. The molecule has 4 heteroatoms. The number of nitrogens with two attached hydrogens (primary N) is 1. The van der Waals surface area contributed by atoms with Crippen molar-refractivity contribution >= 4 is 17.2 Å². The topological polar surface area (TPSA) is 38.5 Å². The summed E-state index contributed by atoms with van der Waals surface area (Å²) in [5.41, 5.74) is 5.52. The van der Waals surface area contributed by atoms with Gasteiger partial charge in [-0.15, -0.1) is 0 Å². The first-order valence-corrected chi connectivity index (χ1v) is 6.12. The summed E-state index contributed by atoms with van der Waals surface area (Å²) in [6.45, 7) is 3.96. The Morgan fingerprint density at radius 1 is 1.47 bits per heavy atom. The molecule has 0 aromatic rings. The first-order chi connectivity index (χ1) is 7.22. The predicted molar refractivity (Wildman–Crippen MR) is 67.1 cm³/mol. The first kappa shape index (κ1) is 12.9. The number of ether oxygens (including phenoxy) is 1. The Kier molecular flexibility index (Phi) is 6.13. The second-order valence-electron chi connectivity index (χ2n) is 4.31. The number of thiocarbonyl (C=S) groups is 1. The Morgan fingerprint density at radius 3 is 2.67 bits per heavy atom. The van der Waals surface area contributed by atoms with Crippen LogP contribution in [0.3, 0.4) is 0 Å². The van der Waals surface area contributed by atoms with Crippen LogP contribution in [-0.4, -0.2) is 43.2 Å². The number of hydrogen-bond acceptors (Lipinski definition) is 3. The van der Waals surface area contributed by atoms with E-state index in [9.17, 15) is 0 Å². The largest absolute Gasteiger partial charge is 0.393 e. The molecule has 88 valence electrons. The van der Waals surface area contributed by atoms with E-state index in [0.29, 0.717) is 4.99 Å². The zero-order valence-corrected chi connectivity index (χ0v) is 10.4. The minimum atomic E-state index is 0.617. The van der Waals surface area contributed by atoms with Gasteiger partial charge in [0.15, 0.2) is 0 Å². The van der Waals surface area contributed by atoms with Crippen LogP contribution in [0.5, 0.6) is 0 Å². The Labute approximate surface area is 98.0 Å². The molecule has 0 aromatic carbocycles. The van der Waals surface area contributed by atoms with Crippen molar-refractivity contribution in [3.8, 4) is 0 Å². The molecular formula is C11H22N2OS. The van der Waals surface area contributed by atoms with E-state index in [-0.39, 0.29) is 0 Å². The summed E-state index contributed by atoms with van der Waals surface area (Å²) >= 11 is 4.90. The molecule has 15 heavy (non-hydrogen) atoms. The Bertz CT molecular complexity index is 195. The van der Waals surface area contributed by atoms with Crippen LogP contribution in [0.15, 0.2) is 0 Å². The zero-order chi connectivity index (χ0) is 11.1. The molecule has 0 amide bonds.